The van der Waals surface area contributed by atoms with Crippen molar-refractivity contribution in [3.8, 4) is 11.5 Å². The molecule has 1 heterocycles. The quantitative estimate of drug-likeness (QED) is 0.395. The summed E-state index contributed by atoms with van der Waals surface area (Å²) in [5, 5.41) is 13.6. The summed E-state index contributed by atoms with van der Waals surface area (Å²) in [5.41, 5.74) is -0.0943. The highest BCUT2D eigenvalue weighted by atomic mass is 16.6. The van der Waals surface area contributed by atoms with Gasteiger partial charge in [-0.1, -0.05) is 19.1 Å². The highest BCUT2D eigenvalue weighted by Gasteiger charge is 2.14. The standard InChI is InChI=1S/C18H21N3O5/c1-2-12-25-16-9-5-11-19-18(16)20-17(22)10-6-13-26-15-8-4-3-7-14(15)21(23)24/h3-5,7-9,11H,2,6,10,12-13H2,1H3,(H,19,20,22). The van der Waals surface area contributed by atoms with Crippen LogP contribution in [0.4, 0.5) is 11.5 Å². The van der Waals surface area contributed by atoms with Crippen molar-refractivity contribution in [2.24, 2.45) is 0 Å². The second-order valence-corrected chi connectivity index (χ2v) is 5.42. The molecule has 1 amide bonds. The SMILES string of the molecule is CCCOc1cccnc1NC(=O)CCCOc1ccccc1[N+](=O)[O-]. The Morgan fingerprint density at radius 1 is 1.15 bits per heavy atom. The van der Waals surface area contributed by atoms with E-state index in [1.54, 1.807) is 30.5 Å². The van der Waals surface area contributed by atoms with Crippen LogP contribution in [0, 0.1) is 10.1 Å². The van der Waals surface area contributed by atoms with Crippen molar-refractivity contribution in [1.29, 1.82) is 0 Å². The third-order valence-corrected chi connectivity index (χ3v) is 3.36. The maximum absolute atomic E-state index is 12.1. The van der Waals surface area contributed by atoms with E-state index in [1.807, 2.05) is 6.92 Å². The molecule has 0 spiro atoms. The van der Waals surface area contributed by atoms with Gasteiger partial charge in [0.15, 0.2) is 17.3 Å². The van der Waals surface area contributed by atoms with Crippen LogP contribution >= 0.6 is 0 Å². The maximum Gasteiger partial charge on any atom is 0.310 e. The summed E-state index contributed by atoms with van der Waals surface area (Å²) in [4.78, 5) is 26.6. The topological polar surface area (TPSA) is 104 Å². The van der Waals surface area contributed by atoms with Crippen LogP contribution in [0.15, 0.2) is 42.6 Å². The molecule has 0 saturated heterocycles. The van der Waals surface area contributed by atoms with Crippen molar-refractivity contribution in [1.82, 2.24) is 4.98 Å². The Morgan fingerprint density at radius 3 is 2.65 bits per heavy atom. The average molecular weight is 359 g/mol. The fourth-order valence-electron chi connectivity index (χ4n) is 2.15. The summed E-state index contributed by atoms with van der Waals surface area (Å²) in [6.07, 6.45) is 3.04. The minimum atomic E-state index is -0.499. The van der Waals surface area contributed by atoms with E-state index < -0.39 is 4.92 Å². The Hall–Kier alpha value is -3.16. The molecule has 0 atom stereocenters. The zero-order valence-corrected chi connectivity index (χ0v) is 14.5. The van der Waals surface area contributed by atoms with E-state index in [0.717, 1.165) is 6.42 Å². The number of rotatable bonds is 10. The highest BCUT2D eigenvalue weighted by molar-refractivity contribution is 5.91. The second-order valence-electron chi connectivity index (χ2n) is 5.42. The number of benzene rings is 1. The van der Waals surface area contributed by atoms with Crippen LogP contribution in [0.3, 0.4) is 0 Å². The smallest absolute Gasteiger partial charge is 0.310 e. The minimum Gasteiger partial charge on any atom is -0.490 e. The van der Waals surface area contributed by atoms with Crippen LogP contribution in [0.1, 0.15) is 26.2 Å². The van der Waals surface area contributed by atoms with E-state index >= 15 is 0 Å². The molecule has 1 N–H and O–H groups in total. The molecule has 0 radical (unpaired) electrons. The molecule has 26 heavy (non-hydrogen) atoms. The monoisotopic (exact) mass is 359 g/mol. The summed E-state index contributed by atoms with van der Waals surface area (Å²) in [6, 6.07) is 9.62. The molecular formula is C18H21N3O5. The molecule has 1 aromatic carbocycles. The van der Waals surface area contributed by atoms with Crippen LogP contribution in [0.2, 0.25) is 0 Å². The molecule has 8 heteroatoms. The largest absolute Gasteiger partial charge is 0.490 e. The fourth-order valence-corrected chi connectivity index (χ4v) is 2.15. The van der Waals surface area contributed by atoms with E-state index in [0.29, 0.717) is 24.6 Å². The number of ether oxygens (including phenoxy) is 2. The first-order chi connectivity index (χ1) is 12.6. The van der Waals surface area contributed by atoms with Crippen LogP contribution in [0.5, 0.6) is 11.5 Å². The molecule has 8 nitrogen and oxygen atoms in total. The van der Waals surface area contributed by atoms with E-state index in [2.05, 4.69) is 10.3 Å². The van der Waals surface area contributed by atoms with Crippen LogP contribution < -0.4 is 14.8 Å². The van der Waals surface area contributed by atoms with Crippen LogP contribution in [-0.2, 0) is 4.79 Å². The fraction of sp³-hybridized carbons (Fsp3) is 0.333. The van der Waals surface area contributed by atoms with Crippen molar-refractivity contribution in [2.75, 3.05) is 18.5 Å². The molecule has 0 aliphatic carbocycles. The maximum atomic E-state index is 12.1. The zero-order chi connectivity index (χ0) is 18.8. The zero-order valence-electron chi connectivity index (χ0n) is 14.5. The molecule has 2 rings (SSSR count). The molecule has 0 aliphatic heterocycles. The number of para-hydroxylation sites is 2. The number of nitro groups is 1. The van der Waals surface area contributed by atoms with Crippen molar-refractivity contribution >= 4 is 17.4 Å². The van der Waals surface area contributed by atoms with Crippen molar-refractivity contribution in [3.05, 3.63) is 52.7 Å². The van der Waals surface area contributed by atoms with E-state index in [-0.39, 0.29) is 30.4 Å². The Morgan fingerprint density at radius 2 is 1.88 bits per heavy atom. The summed E-state index contributed by atoms with van der Waals surface area (Å²) in [7, 11) is 0. The Kier molecular flexibility index (Phi) is 7.35. The lowest BCUT2D eigenvalue weighted by Gasteiger charge is -2.11. The molecule has 1 aromatic heterocycles. The lowest BCUT2D eigenvalue weighted by atomic mass is 10.3. The molecule has 0 unspecified atom stereocenters. The van der Waals surface area contributed by atoms with Gasteiger partial charge in [0.2, 0.25) is 5.91 Å². The lowest BCUT2D eigenvalue weighted by molar-refractivity contribution is -0.385. The van der Waals surface area contributed by atoms with Crippen molar-refractivity contribution in [3.63, 3.8) is 0 Å². The average Bonchev–Trinajstić information content (AvgIpc) is 2.64. The van der Waals surface area contributed by atoms with Gasteiger partial charge in [0, 0.05) is 18.7 Å². The normalized spacial score (nSPS) is 10.2. The van der Waals surface area contributed by atoms with E-state index in [4.69, 9.17) is 9.47 Å². The Balaban J connectivity index is 1.81. The number of nitro benzene ring substituents is 1. The van der Waals surface area contributed by atoms with Gasteiger partial charge in [0.25, 0.3) is 0 Å². The number of anilines is 1. The van der Waals surface area contributed by atoms with Crippen LogP contribution in [-0.4, -0.2) is 29.0 Å². The first-order valence-electron chi connectivity index (χ1n) is 8.35. The number of hydrogen-bond acceptors (Lipinski definition) is 6. The highest BCUT2D eigenvalue weighted by Crippen LogP contribution is 2.26. The predicted octanol–water partition coefficient (Wildman–Crippen LogP) is 3.58. The second kappa shape index (κ2) is 9.97. The van der Waals surface area contributed by atoms with Gasteiger partial charge in [-0.3, -0.25) is 14.9 Å². The number of nitrogens with zero attached hydrogens (tertiary/aromatic N) is 2. The number of carbonyl (C=O) groups excluding carboxylic acids is 1. The van der Waals surface area contributed by atoms with Crippen molar-refractivity contribution < 1.29 is 19.2 Å². The summed E-state index contributed by atoms with van der Waals surface area (Å²) < 4.78 is 11.0. The predicted molar refractivity (Wildman–Crippen MR) is 96.5 cm³/mol. The van der Waals surface area contributed by atoms with Crippen LogP contribution in [0.25, 0.3) is 0 Å². The minimum absolute atomic E-state index is 0.0943. The molecular weight excluding hydrogens is 338 g/mol. The molecule has 0 aliphatic rings. The number of hydrogen-bond donors (Lipinski definition) is 1. The third-order valence-electron chi connectivity index (χ3n) is 3.36. The van der Waals surface area contributed by atoms with Gasteiger partial charge in [-0.05, 0) is 31.0 Å². The summed E-state index contributed by atoms with van der Waals surface area (Å²) >= 11 is 0. The third kappa shape index (κ3) is 5.73. The van der Waals surface area contributed by atoms with Gasteiger partial charge in [-0.15, -0.1) is 0 Å². The number of amides is 1. The number of nitrogens with one attached hydrogen (secondary N) is 1. The van der Waals surface area contributed by atoms with Gasteiger partial charge in [0.1, 0.15) is 0 Å². The lowest BCUT2D eigenvalue weighted by Crippen LogP contribution is -2.15. The Bertz CT molecular complexity index is 751. The molecule has 0 bridgehead atoms. The number of pyridine rings is 1. The molecule has 138 valence electrons. The molecule has 2 aromatic rings. The van der Waals surface area contributed by atoms with E-state index in [1.165, 1.54) is 12.1 Å². The summed E-state index contributed by atoms with van der Waals surface area (Å²) in [5.74, 6) is 0.874. The molecule has 0 saturated carbocycles. The van der Waals surface area contributed by atoms with Gasteiger partial charge in [-0.25, -0.2) is 4.98 Å². The first-order valence-corrected chi connectivity index (χ1v) is 8.35. The summed E-state index contributed by atoms with van der Waals surface area (Å²) in [6.45, 7) is 2.73. The van der Waals surface area contributed by atoms with E-state index in [9.17, 15) is 14.9 Å². The number of aromatic nitrogens is 1. The first kappa shape index (κ1) is 19.2. The number of carbonyl (C=O) groups is 1. The van der Waals surface area contributed by atoms with Gasteiger partial charge in [-0.2, -0.15) is 0 Å². The van der Waals surface area contributed by atoms with Gasteiger partial charge < -0.3 is 14.8 Å². The van der Waals surface area contributed by atoms with Gasteiger partial charge >= 0.3 is 5.69 Å². The Labute approximate surface area is 151 Å². The molecule has 0 fully saturated rings. The van der Waals surface area contributed by atoms with Crippen molar-refractivity contribution in [2.45, 2.75) is 26.2 Å². The van der Waals surface area contributed by atoms with Gasteiger partial charge in [0.05, 0.1) is 18.1 Å².